The third-order valence-electron chi connectivity index (χ3n) is 3.35. The second-order valence-corrected chi connectivity index (χ2v) is 9.37. The first-order valence-electron chi connectivity index (χ1n) is 8.25. The molecule has 2 atom stereocenters. The van der Waals surface area contributed by atoms with Gasteiger partial charge < -0.3 is 9.47 Å². The van der Waals surface area contributed by atoms with Gasteiger partial charge in [0, 0.05) is 3.92 Å². The van der Waals surface area contributed by atoms with Gasteiger partial charge >= 0.3 is 6.09 Å². The lowest BCUT2D eigenvalue weighted by Crippen LogP contribution is -2.49. The lowest BCUT2D eigenvalue weighted by atomic mass is 10.1. The van der Waals surface area contributed by atoms with Gasteiger partial charge in [0.2, 0.25) is 0 Å². The number of nitrogens with zero attached hydrogens (tertiary/aromatic N) is 1. The van der Waals surface area contributed by atoms with Crippen molar-refractivity contribution in [2.24, 2.45) is 0 Å². The highest BCUT2D eigenvalue weighted by Gasteiger charge is 2.45. The van der Waals surface area contributed by atoms with Gasteiger partial charge in [-0.1, -0.05) is 49.8 Å². The second-order valence-electron chi connectivity index (χ2n) is 7.24. The Balaban J connectivity index is 0.000000763. The molecule has 1 aliphatic heterocycles. The molecule has 1 heterocycles. The molecule has 132 valence electrons. The number of carbonyl (C=O) groups is 1. The Bertz CT molecular complexity index is 337. The minimum Gasteiger partial charge on any atom is -0.444 e. The summed E-state index contributed by atoms with van der Waals surface area (Å²) < 4.78 is 12.0. The third kappa shape index (κ3) is 7.99. The Labute approximate surface area is 150 Å². The summed E-state index contributed by atoms with van der Waals surface area (Å²) >= 11 is 2.41. The highest BCUT2D eigenvalue weighted by Crippen LogP contribution is 2.31. The van der Waals surface area contributed by atoms with E-state index in [4.69, 9.17) is 9.47 Å². The first-order chi connectivity index (χ1) is 9.94. The highest BCUT2D eigenvalue weighted by molar-refractivity contribution is 14.1. The molecule has 22 heavy (non-hydrogen) atoms. The molecule has 5 heteroatoms. The number of hydrogen-bond donors (Lipinski definition) is 0. The van der Waals surface area contributed by atoms with Crippen LogP contribution < -0.4 is 0 Å². The molecule has 1 fully saturated rings. The minimum atomic E-state index is -0.567. The van der Waals surface area contributed by atoms with E-state index < -0.39 is 11.3 Å². The van der Waals surface area contributed by atoms with Crippen LogP contribution in [0.2, 0.25) is 0 Å². The summed E-state index contributed by atoms with van der Waals surface area (Å²) in [6, 6.07) is 0.129. The highest BCUT2D eigenvalue weighted by atomic mass is 127. The molecule has 1 unspecified atom stereocenters. The van der Waals surface area contributed by atoms with Crippen molar-refractivity contribution in [2.45, 2.75) is 95.9 Å². The van der Waals surface area contributed by atoms with Crippen LogP contribution in [-0.2, 0) is 9.47 Å². The van der Waals surface area contributed by atoms with Gasteiger partial charge in [-0.25, -0.2) is 4.79 Å². The molecular formula is C17H34INO3. The second kappa shape index (κ2) is 9.30. The van der Waals surface area contributed by atoms with E-state index in [2.05, 4.69) is 43.4 Å². The first-order valence-corrected chi connectivity index (χ1v) is 9.49. The van der Waals surface area contributed by atoms with Crippen molar-refractivity contribution < 1.29 is 14.3 Å². The van der Waals surface area contributed by atoms with Crippen molar-refractivity contribution in [3.63, 3.8) is 0 Å². The summed E-state index contributed by atoms with van der Waals surface area (Å²) in [6.07, 6.45) is 2.99. The fraction of sp³-hybridized carbons (Fsp3) is 0.941. The molecule has 0 aliphatic carbocycles. The van der Waals surface area contributed by atoms with Gasteiger partial charge in [0.05, 0.1) is 12.6 Å². The van der Waals surface area contributed by atoms with Gasteiger partial charge in [-0.2, -0.15) is 0 Å². The molecule has 1 saturated heterocycles. The zero-order chi connectivity index (χ0) is 17.6. The van der Waals surface area contributed by atoms with Crippen LogP contribution in [0, 0.1) is 0 Å². The van der Waals surface area contributed by atoms with E-state index in [1.807, 2.05) is 34.6 Å². The SMILES string of the molecule is CCC(C)I.CCC[C@H]1COC(C)(C)N1C(=O)OC(C)(C)C. The Kier molecular flexibility index (Phi) is 9.29. The van der Waals surface area contributed by atoms with E-state index in [1.165, 1.54) is 6.42 Å². The smallest absolute Gasteiger partial charge is 0.412 e. The van der Waals surface area contributed by atoms with E-state index in [9.17, 15) is 4.79 Å². The number of halogens is 1. The number of hydrogen-bond acceptors (Lipinski definition) is 3. The zero-order valence-corrected chi connectivity index (χ0v) is 17.7. The number of amides is 1. The number of alkyl halides is 1. The molecule has 0 N–H and O–H groups in total. The lowest BCUT2D eigenvalue weighted by molar-refractivity contribution is -0.0626. The summed E-state index contributed by atoms with van der Waals surface area (Å²) in [4.78, 5) is 13.9. The molecule has 0 bridgehead atoms. The van der Waals surface area contributed by atoms with Crippen molar-refractivity contribution in [2.75, 3.05) is 6.61 Å². The van der Waals surface area contributed by atoms with Crippen LogP contribution in [0.3, 0.4) is 0 Å². The number of ether oxygens (including phenoxy) is 2. The molecule has 0 aromatic carbocycles. The van der Waals surface area contributed by atoms with Crippen molar-refractivity contribution in [3.8, 4) is 0 Å². The average Bonchev–Trinajstić information content (AvgIpc) is 2.63. The quantitative estimate of drug-likeness (QED) is 0.449. The predicted octanol–water partition coefficient (Wildman–Crippen LogP) is 5.38. The summed E-state index contributed by atoms with van der Waals surface area (Å²) in [6.45, 7) is 16.6. The Morgan fingerprint density at radius 3 is 2.27 bits per heavy atom. The number of rotatable bonds is 3. The van der Waals surface area contributed by atoms with Gasteiger partial charge in [-0.05, 0) is 47.5 Å². The van der Waals surface area contributed by atoms with Gasteiger partial charge in [0.15, 0.2) is 0 Å². The molecule has 1 rings (SSSR count). The van der Waals surface area contributed by atoms with Crippen molar-refractivity contribution in [1.29, 1.82) is 0 Å². The normalized spacial score (nSPS) is 21.9. The Morgan fingerprint density at radius 1 is 1.41 bits per heavy atom. The van der Waals surface area contributed by atoms with Crippen molar-refractivity contribution in [1.82, 2.24) is 4.90 Å². The van der Waals surface area contributed by atoms with Crippen LogP contribution >= 0.6 is 22.6 Å². The molecule has 0 aromatic heterocycles. The topological polar surface area (TPSA) is 38.8 Å². The van der Waals surface area contributed by atoms with Crippen LogP contribution in [-0.4, -0.2) is 38.9 Å². The number of carbonyl (C=O) groups excluding carboxylic acids is 1. The first kappa shape index (κ1) is 22.0. The summed E-state index contributed by atoms with van der Waals surface area (Å²) in [5.74, 6) is 0. The maximum atomic E-state index is 12.2. The van der Waals surface area contributed by atoms with Crippen LogP contribution in [0.1, 0.15) is 74.7 Å². The van der Waals surface area contributed by atoms with E-state index in [0.29, 0.717) is 6.61 Å². The summed E-state index contributed by atoms with van der Waals surface area (Å²) in [7, 11) is 0. The fourth-order valence-corrected chi connectivity index (χ4v) is 2.11. The maximum absolute atomic E-state index is 12.2. The molecule has 0 aromatic rings. The molecule has 1 aliphatic rings. The van der Waals surface area contributed by atoms with Gasteiger partial charge in [-0.3, -0.25) is 4.90 Å². The predicted molar refractivity (Wildman–Crippen MR) is 101 cm³/mol. The molecule has 1 amide bonds. The molecule has 0 saturated carbocycles. The summed E-state index contributed by atoms with van der Waals surface area (Å²) in [5.41, 5.74) is -1.03. The van der Waals surface area contributed by atoms with Crippen LogP contribution in [0.5, 0.6) is 0 Å². The Hall–Kier alpha value is -0.0400. The molecule has 4 nitrogen and oxygen atoms in total. The summed E-state index contributed by atoms with van der Waals surface area (Å²) in [5, 5.41) is 0. The van der Waals surface area contributed by atoms with Gasteiger partial charge in [0.1, 0.15) is 11.3 Å². The van der Waals surface area contributed by atoms with E-state index >= 15 is 0 Å². The van der Waals surface area contributed by atoms with E-state index in [1.54, 1.807) is 4.90 Å². The third-order valence-corrected chi connectivity index (χ3v) is 4.23. The Morgan fingerprint density at radius 2 is 1.91 bits per heavy atom. The average molecular weight is 427 g/mol. The molecule has 0 spiro atoms. The van der Waals surface area contributed by atoms with Crippen molar-refractivity contribution >= 4 is 28.7 Å². The van der Waals surface area contributed by atoms with Crippen molar-refractivity contribution in [3.05, 3.63) is 0 Å². The zero-order valence-electron chi connectivity index (χ0n) is 15.5. The van der Waals surface area contributed by atoms with Gasteiger partial charge in [0.25, 0.3) is 0 Å². The lowest BCUT2D eigenvalue weighted by Gasteiger charge is -2.35. The standard InChI is InChI=1S/C13H25NO3.C4H9I/c1-7-8-10-9-16-13(5,6)14(10)11(15)17-12(2,3)4;1-3-4(2)5/h10H,7-9H2,1-6H3;4H,3H2,1-2H3/t10-;/m0./s1. The van der Waals surface area contributed by atoms with Crippen LogP contribution in [0.15, 0.2) is 0 Å². The van der Waals surface area contributed by atoms with Crippen LogP contribution in [0.4, 0.5) is 4.79 Å². The van der Waals surface area contributed by atoms with E-state index in [-0.39, 0.29) is 12.1 Å². The van der Waals surface area contributed by atoms with Crippen LogP contribution in [0.25, 0.3) is 0 Å². The monoisotopic (exact) mass is 427 g/mol. The fourth-order valence-electron chi connectivity index (χ4n) is 2.11. The molecular weight excluding hydrogens is 393 g/mol. The van der Waals surface area contributed by atoms with E-state index in [0.717, 1.165) is 16.8 Å². The maximum Gasteiger partial charge on any atom is 0.412 e. The largest absolute Gasteiger partial charge is 0.444 e. The minimum absolute atomic E-state index is 0.129. The molecule has 0 radical (unpaired) electrons. The van der Waals surface area contributed by atoms with Gasteiger partial charge in [-0.15, -0.1) is 0 Å².